The van der Waals surface area contributed by atoms with Crippen LogP contribution in [0.4, 0.5) is 0 Å². The molecule has 2 unspecified atom stereocenters. The predicted octanol–water partition coefficient (Wildman–Crippen LogP) is 2.68. The lowest BCUT2D eigenvalue weighted by Gasteiger charge is -2.34. The van der Waals surface area contributed by atoms with Gasteiger partial charge in [0, 0.05) is 24.5 Å². The molecular formula is C13H25NOS. The smallest absolute Gasteiger partial charge is 0.0469 e. The van der Waals surface area contributed by atoms with E-state index in [2.05, 4.69) is 24.0 Å². The van der Waals surface area contributed by atoms with Gasteiger partial charge in [0.25, 0.3) is 0 Å². The fourth-order valence-corrected chi connectivity index (χ4v) is 4.37. The average molecular weight is 243 g/mol. The van der Waals surface area contributed by atoms with Gasteiger partial charge in [-0.2, -0.15) is 11.8 Å². The maximum atomic E-state index is 5.48. The van der Waals surface area contributed by atoms with Gasteiger partial charge in [0.15, 0.2) is 0 Å². The quantitative estimate of drug-likeness (QED) is 0.802. The summed E-state index contributed by atoms with van der Waals surface area (Å²) in [5.41, 5.74) is 0. The van der Waals surface area contributed by atoms with Crippen LogP contribution in [0.3, 0.4) is 0 Å². The number of thioether (sulfide) groups is 1. The summed E-state index contributed by atoms with van der Waals surface area (Å²) in [7, 11) is 0. The van der Waals surface area contributed by atoms with Gasteiger partial charge in [-0.05, 0) is 50.3 Å². The van der Waals surface area contributed by atoms with E-state index in [0.717, 1.165) is 30.4 Å². The van der Waals surface area contributed by atoms with Crippen LogP contribution in [0.15, 0.2) is 0 Å². The minimum absolute atomic E-state index is 0.747. The lowest BCUT2D eigenvalue weighted by Crippen LogP contribution is -2.45. The van der Waals surface area contributed by atoms with Crippen molar-refractivity contribution in [1.82, 2.24) is 5.32 Å². The molecular weight excluding hydrogens is 218 g/mol. The van der Waals surface area contributed by atoms with E-state index in [1.165, 1.54) is 44.4 Å². The molecule has 0 aromatic rings. The summed E-state index contributed by atoms with van der Waals surface area (Å²) < 4.78 is 5.48. The lowest BCUT2D eigenvalue weighted by molar-refractivity contribution is 0.0534. The van der Waals surface area contributed by atoms with Gasteiger partial charge in [0.05, 0.1) is 0 Å². The third-order valence-corrected chi connectivity index (χ3v) is 5.25. The van der Waals surface area contributed by atoms with E-state index in [4.69, 9.17) is 4.74 Å². The maximum absolute atomic E-state index is 5.48. The van der Waals surface area contributed by atoms with E-state index in [9.17, 15) is 0 Å². The maximum Gasteiger partial charge on any atom is 0.0469 e. The van der Waals surface area contributed by atoms with Crippen molar-refractivity contribution < 1.29 is 4.74 Å². The highest BCUT2D eigenvalue weighted by atomic mass is 32.2. The average Bonchev–Trinajstić information content (AvgIpc) is 2.85. The molecule has 2 nitrogen and oxygen atoms in total. The van der Waals surface area contributed by atoms with E-state index in [0.29, 0.717) is 0 Å². The van der Waals surface area contributed by atoms with Crippen LogP contribution in [0.1, 0.15) is 39.0 Å². The second kappa shape index (κ2) is 6.87. The van der Waals surface area contributed by atoms with Crippen molar-refractivity contribution >= 4 is 11.8 Å². The van der Waals surface area contributed by atoms with Gasteiger partial charge in [0.2, 0.25) is 0 Å². The zero-order valence-corrected chi connectivity index (χ0v) is 11.2. The van der Waals surface area contributed by atoms with Crippen molar-refractivity contribution in [2.75, 3.05) is 25.5 Å². The molecule has 2 rings (SSSR count). The van der Waals surface area contributed by atoms with Gasteiger partial charge < -0.3 is 10.1 Å². The van der Waals surface area contributed by atoms with Gasteiger partial charge >= 0.3 is 0 Å². The molecule has 0 amide bonds. The zero-order valence-electron chi connectivity index (χ0n) is 10.4. The molecule has 0 saturated carbocycles. The lowest BCUT2D eigenvalue weighted by atomic mass is 9.88. The van der Waals surface area contributed by atoms with Crippen molar-refractivity contribution in [3.8, 4) is 0 Å². The summed E-state index contributed by atoms with van der Waals surface area (Å²) in [5, 5.41) is 4.67. The molecule has 2 aliphatic rings. The minimum atomic E-state index is 0.747. The van der Waals surface area contributed by atoms with Crippen LogP contribution in [-0.4, -0.2) is 36.8 Å². The van der Waals surface area contributed by atoms with Crippen molar-refractivity contribution in [3.05, 3.63) is 0 Å². The molecule has 2 aliphatic heterocycles. The third kappa shape index (κ3) is 3.38. The molecule has 16 heavy (non-hydrogen) atoms. The minimum Gasteiger partial charge on any atom is -0.381 e. The number of rotatable bonds is 5. The second-order valence-corrected chi connectivity index (χ2v) is 6.33. The number of hydrogen-bond acceptors (Lipinski definition) is 3. The number of hydrogen-bond donors (Lipinski definition) is 1. The normalized spacial score (nSPS) is 29.4. The first-order valence-corrected chi connectivity index (χ1v) is 7.89. The third-order valence-electron chi connectivity index (χ3n) is 3.77. The van der Waals surface area contributed by atoms with Crippen LogP contribution in [0, 0.1) is 5.92 Å². The topological polar surface area (TPSA) is 21.3 Å². The fourth-order valence-electron chi connectivity index (χ4n) is 2.87. The standard InChI is InChI=1S/C13H25NOS/c1-2-7-14-13(12-4-3-10-16-12)11-5-8-15-9-6-11/h11-14H,2-10H2,1H3. The van der Waals surface area contributed by atoms with Crippen LogP contribution < -0.4 is 5.32 Å². The Morgan fingerprint density at radius 1 is 1.31 bits per heavy atom. The van der Waals surface area contributed by atoms with Crippen molar-refractivity contribution in [2.45, 2.75) is 50.3 Å². The molecule has 2 fully saturated rings. The molecule has 0 aromatic carbocycles. The first-order chi connectivity index (χ1) is 7.92. The Morgan fingerprint density at radius 3 is 2.75 bits per heavy atom. The molecule has 0 spiro atoms. The Kier molecular flexibility index (Phi) is 5.46. The number of nitrogens with one attached hydrogen (secondary N) is 1. The predicted molar refractivity (Wildman–Crippen MR) is 71.1 cm³/mol. The molecule has 3 heteroatoms. The van der Waals surface area contributed by atoms with Gasteiger partial charge in [-0.15, -0.1) is 0 Å². The van der Waals surface area contributed by atoms with Crippen LogP contribution >= 0.6 is 11.8 Å². The van der Waals surface area contributed by atoms with Crippen molar-refractivity contribution in [2.24, 2.45) is 5.92 Å². The van der Waals surface area contributed by atoms with Gasteiger partial charge in [-0.25, -0.2) is 0 Å². The summed E-state index contributed by atoms with van der Waals surface area (Å²) in [6.45, 7) is 5.40. The molecule has 2 heterocycles. The fraction of sp³-hybridized carbons (Fsp3) is 1.00. The van der Waals surface area contributed by atoms with E-state index in [1.807, 2.05) is 0 Å². The first-order valence-electron chi connectivity index (χ1n) is 6.84. The molecule has 0 aromatic heterocycles. The molecule has 94 valence electrons. The summed E-state index contributed by atoms with van der Waals surface area (Å²) in [6, 6.07) is 0.747. The molecule has 2 saturated heterocycles. The Labute approximate surface area is 104 Å². The van der Waals surface area contributed by atoms with E-state index >= 15 is 0 Å². The largest absolute Gasteiger partial charge is 0.381 e. The van der Waals surface area contributed by atoms with E-state index in [1.54, 1.807) is 0 Å². The molecule has 0 bridgehead atoms. The van der Waals surface area contributed by atoms with Gasteiger partial charge in [-0.1, -0.05) is 6.92 Å². The Bertz CT molecular complexity index is 188. The molecule has 0 aliphatic carbocycles. The highest BCUT2D eigenvalue weighted by Gasteiger charge is 2.32. The highest BCUT2D eigenvalue weighted by Crippen LogP contribution is 2.34. The Morgan fingerprint density at radius 2 is 2.12 bits per heavy atom. The monoisotopic (exact) mass is 243 g/mol. The van der Waals surface area contributed by atoms with Crippen molar-refractivity contribution in [1.29, 1.82) is 0 Å². The van der Waals surface area contributed by atoms with Gasteiger partial charge in [0.1, 0.15) is 0 Å². The Balaban J connectivity index is 1.89. The first kappa shape index (κ1) is 12.7. The molecule has 2 atom stereocenters. The van der Waals surface area contributed by atoms with Crippen LogP contribution in [0.25, 0.3) is 0 Å². The Hall–Kier alpha value is 0.270. The van der Waals surface area contributed by atoms with E-state index < -0.39 is 0 Å². The molecule has 0 radical (unpaired) electrons. The van der Waals surface area contributed by atoms with Crippen LogP contribution in [0.2, 0.25) is 0 Å². The van der Waals surface area contributed by atoms with Crippen molar-refractivity contribution in [3.63, 3.8) is 0 Å². The summed E-state index contributed by atoms with van der Waals surface area (Å²) in [5.74, 6) is 2.23. The van der Waals surface area contributed by atoms with Gasteiger partial charge in [-0.3, -0.25) is 0 Å². The second-order valence-electron chi connectivity index (χ2n) is 4.98. The molecule has 1 N–H and O–H groups in total. The summed E-state index contributed by atoms with van der Waals surface area (Å²) in [4.78, 5) is 0. The summed E-state index contributed by atoms with van der Waals surface area (Å²) >= 11 is 2.19. The highest BCUT2D eigenvalue weighted by molar-refractivity contribution is 8.00. The summed E-state index contributed by atoms with van der Waals surface area (Å²) in [6.07, 6.45) is 6.61. The number of ether oxygens (including phenoxy) is 1. The SMILES string of the molecule is CCCNC(C1CCOCC1)C1CCCS1. The zero-order chi connectivity index (χ0) is 11.2. The van der Waals surface area contributed by atoms with Crippen LogP contribution in [0.5, 0.6) is 0 Å². The van der Waals surface area contributed by atoms with E-state index in [-0.39, 0.29) is 0 Å². The van der Waals surface area contributed by atoms with Crippen LogP contribution in [-0.2, 0) is 4.74 Å².